The van der Waals surface area contributed by atoms with Crippen LogP contribution in [0.15, 0.2) is 18.2 Å². The molecule has 0 aliphatic rings. The van der Waals surface area contributed by atoms with Crippen molar-refractivity contribution in [3.8, 4) is 5.75 Å². The predicted octanol–water partition coefficient (Wildman–Crippen LogP) is 0.687. The lowest BCUT2D eigenvalue weighted by Crippen LogP contribution is -2.38. The number of esters is 1. The van der Waals surface area contributed by atoms with Gasteiger partial charge in [-0.1, -0.05) is 11.6 Å². The Morgan fingerprint density at radius 1 is 1.17 bits per heavy atom. The van der Waals surface area contributed by atoms with Crippen LogP contribution in [0.1, 0.15) is 12.5 Å². The zero-order chi connectivity index (χ0) is 17.2. The van der Waals surface area contributed by atoms with Gasteiger partial charge in [0.2, 0.25) is 5.91 Å². The van der Waals surface area contributed by atoms with Crippen molar-refractivity contribution >= 4 is 29.4 Å². The van der Waals surface area contributed by atoms with Crippen LogP contribution in [0.3, 0.4) is 0 Å². The minimum Gasteiger partial charge on any atom is -0.496 e. The second kappa shape index (κ2) is 9.68. The maximum Gasteiger partial charge on any atom is 0.310 e. The first-order chi connectivity index (χ1) is 11.0. The van der Waals surface area contributed by atoms with Crippen molar-refractivity contribution in [3.63, 3.8) is 0 Å². The summed E-state index contributed by atoms with van der Waals surface area (Å²) in [6.45, 7) is 1.63. The molecule has 7 nitrogen and oxygen atoms in total. The number of hydrogen-bond acceptors (Lipinski definition) is 5. The molecule has 23 heavy (non-hydrogen) atoms. The van der Waals surface area contributed by atoms with E-state index in [4.69, 9.17) is 21.1 Å². The number of likely N-dealkylation sites (N-methyl/N-ethyl adjacent to an activating group) is 1. The first kappa shape index (κ1) is 18.8. The average molecular weight is 343 g/mol. The van der Waals surface area contributed by atoms with E-state index < -0.39 is 18.5 Å². The molecule has 0 fully saturated rings. The van der Waals surface area contributed by atoms with Crippen molar-refractivity contribution < 1.29 is 23.9 Å². The predicted molar refractivity (Wildman–Crippen MR) is 84.4 cm³/mol. The van der Waals surface area contributed by atoms with E-state index in [1.165, 1.54) is 7.11 Å². The van der Waals surface area contributed by atoms with E-state index in [9.17, 15) is 14.4 Å². The molecule has 0 saturated carbocycles. The van der Waals surface area contributed by atoms with E-state index in [2.05, 4.69) is 10.6 Å². The maximum absolute atomic E-state index is 11.8. The number of rotatable bonds is 8. The number of carbonyl (C=O) groups excluding carboxylic acids is 3. The van der Waals surface area contributed by atoms with Gasteiger partial charge in [0.05, 0.1) is 20.1 Å². The molecule has 0 aliphatic heterocycles. The van der Waals surface area contributed by atoms with Crippen LogP contribution in [0.25, 0.3) is 0 Å². The second-order valence-electron chi connectivity index (χ2n) is 4.52. The minimum atomic E-state index is -0.598. The number of benzene rings is 1. The zero-order valence-corrected chi connectivity index (χ0v) is 13.7. The number of ether oxygens (including phenoxy) is 2. The number of carbonyl (C=O) groups is 3. The summed E-state index contributed by atoms with van der Waals surface area (Å²) in [5.74, 6) is -0.954. The summed E-state index contributed by atoms with van der Waals surface area (Å²) in [5, 5.41) is 5.34. The highest BCUT2D eigenvalue weighted by Gasteiger charge is 2.13. The summed E-state index contributed by atoms with van der Waals surface area (Å²) in [4.78, 5) is 34.4. The Morgan fingerprint density at radius 3 is 2.57 bits per heavy atom. The number of nitrogens with one attached hydrogen (secondary N) is 2. The molecule has 0 atom stereocenters. The highest BCUT2D eigenvalue weighted by atomic mass is 35.5. The number of hydrogen-bond donors (Lipinski definition) is 2. The summed E-state index contributed by atoms with van der Waals surface area (Å²) in [6, 6.07) is 4.88. The van der Waals surface area contributed by atoms with Crippen molar-refractivity contribution in [2.24, 2.45) is 0 Å². The van der Waals surface area contributed by atoms with Crippen LogP contribution >= 0.6 is 11.6 Å². The van der Waals surface area contributed by atoms with Crippen LogP contribution in [0, 0.1) is 0 Å². The van der Waals surface area contributed by atoms with Gasteiger partial charge in [-0.25, -0.2) is 0 Å². The molecule has 2 amide bonds. The van der Waals surface area contributed by atoms with Crippen molar-refractivity contribution in [2.45, 2.75) is 13.3 Å². The van der Waals surface area contributed by atoms with Gasteiger partial charge < -0.3 is 20.1 Å². The first-order valence-corrected chi connectivity index (χ1v) is 7.35. The number of methoxy groups -OCH3 is 1. The third-order valence-electron chi connectivity index (χ3n) is 2.76. The van der Waals surface area contributed by atoms with E-state index in [1.54, 1.807) is 25.1 Å². The molecule has 0 bridgehead atoms. The maximum atomic E-state index is 11.8. The molecule has 8 heteroatoms. The average Bonchev–Trinajstić information content (AvgIpc) is 2.51. The highest BCUT2D eigenvalue weighted by Crippen LogP contribution is 2.23. The van der Waals surface area contributed by atoms with E-state index in [-0.39, 0.29) is 18.9 Å². The topological polar surface area (TPSA) is 93.7 Å². The summed E-state index contributed by atoms with van der Waals surface area (Å²) in [5.41, 5.74) is 0.563. The summed E-state index contributed by atoms with van der Waals surface area (Å²) < 4.78 is 9.98. The lowest BCUT2D eigenvalue weighted by Gasteiger charge is -2.09. The van der Waals surface area contributed by atoms with Gasteiger partial charge in [0, 0.05) is 17.1 Å². The second-order valence-corrected chi connectivity index (χ2v) is 4.96. The van der Waals surface area contributed by atoms with Crippen LogP contribution in [0.5, 0.6) is 5.75 Å². The first-order valence-electron chi connectivity index (χ1n) is 6.97. The number of amides is 2. The fourth-order valence-electron chi connectivity index (χ4n) is 1.73. The molecule has 0 spiro atoms. The Hall–Kier alpha value is -2.28. The Balaban J connectivity index is 2.41. The lowest BCUT2D eigenvalue weighted by molar-refractivity contribution is -0.148. The van der Waals surface area contributed by atoms with Gasteiger partial charge in [-0.15, -0.1) is 0 Å². The van der Waals surface area contributed by atoms with E-state index >= 15 is 0 Å². The van der Waals surface area contributed by atoms with Gasteiger partial charge in [0.15, 0.2) is 6.61 Å². The Morgan fingerprint density at radius 2 is 1.91 bits per heavy atom. The zero-order valence-electron chi connectivity index (χ0n) is 13.0. The largest absolute Gasteiger partial charge is 0.496 e. The van der Waals surface area contributed by atoms with E-state index in [1.807, 2.05) is 0 Å². The molecule has 2 N–H and O–H groups in total. The molecule has 0 aliphatic carbocycles. The highest BCUT2D eigenvalue weighted by molar-refractivity contribution is 6.30. The fourth-order valence-corrected chi connectivity index (χ4v) is 1.92. The third-order valence-corrected chi connectivity index (χ3v) is 3.00. The lowest BCUT2D eigenvalue weighted by atomic mass is 10.1. The molecular formula is C15H19ClN2O5. The fraction of sp³-hybridized carbons (Fsp3) is 0.400. The van der Waals surface area contributed by atoms with Crippen molar-refractivity contribution in [1.82, 2.24) is 10.6 Å². The molecule has 0 heterocycles. The van der Waals surface area contributed by atoms with Gasteiger partial charge in [-0.05, 0) is 25.1 Å². The van der Waals surface area contributed by atoms with Crippen molar-refractivity contribution in [1.29, 1.82) is 0 Å². The SMILES string of the molecule is CCNC(=O)CNC(=O)COC(=O)Cc1cc(Cl)ccc1OC. The van der Waals surface area contributed by atoms with Crippen molar-refractivity contribution in [3.05, 3.63) is 28.8 Å². The van der Waals surface area contributed by atoms with Gasteiger partial charge in [-0.3, -0.25) is 14.4 Å². The molecule has 1 aromatic rings. The van der Waals surface area contributed by atoms with Gasteiger partial charge in [0.25, 0.3) is 5.91 Å². The van der Waals surface area contributed by atoms with E-state index in [0.29, 0.717) is 22.9 Å². The molecule has 1 aromatic carbocycles. The molecule has 0 radical (unpaired) electrons. The molecular weight excluding hydrogens is 324 g/mol. The number of halogens is 1. The minimum absolute atomic E-state index is 0.0761. The van der Waals surface area contributed by atoms with Gasteiger partial charge in [-0.2, -0.15) is 0 Å². The summed E-state index contributed by atoms with van der Waals surface area (Å²) in [6.07, 6.45) is -0.0761. The van der Waals surface area contributed by atoms with E-state index in [0.717, 1.165) is 0 Å². The Kier molecular flexibility index (Phi) is 7.90. The van der Waals surface area contributed by atoms with Gasteiger partial charge in [0.1, 0.15) is 5.75 Å². The summed E-state index contributed by atoms with van der Waals surface area (Å²) >= 11 is 5.87. The molecule has 0 saturated heterocycles. The molecule has 126 valence electrons. The monoisotopic (exact) mass is 342 g/mol. The third kappa shape index (κ3) is 7.01. The van der Waals surface area contributed by atoms with Gasteiger partial charge >= 0.3 is 5.97 Å². The van der Waals surface area contributed by atoms with Crippen LogP contribution in [-0.4, -0.2) is 44.6 Å². The molecule has 1 rings (SSSR count). The van der Waals surface area contributed by atoms with Crippen molar-refractivity contribution in [2.75, 3.05) is 26.8 Å². The quantitative estimate of drug-likeness (QED) is 0.678. The molecule has 0 unspecified atom stereocenters. The van der Waals surface area contributed by atoms with Crippen LogP contribution in [0.2, 0.25) is 5.02 Å². The molecule has 0 aromatic heterocycles. The Bertz CT molecular complexity index is 577. The normalized spacial score (nSPS) is 9.87. The standard InChI is InChI=1S/C15H19ClN2O5/c1-3-17-13(19)8-18-14(20)9-23-15(21)7-10-6-11(16)4-5-12(10)22-2/h4-6H,3,7-9H2,1-2H3,(H,17,19)(H,18,20). The smallest absolute Gasteiger partial charge is 0.310 e. The van der Waals surface area contributed by atoms with Crippen LogP contribution < -0.4 is 15.4 Å². The van der Waals surface area contributed by atoms with Crippen LogP contribution in [-0.2, 0) is 25.5 Å². The van der Waals surface area contributed by atoms with Crippen LogP contribution in [0.4, 0.5) is 0 Å². The summed E-state index contributed by atoms with van der Waals surface area (Å²) in [7, 11) is 1.48. The Labute approximate surface area is 139 Å².